The van der Waals surface area contributed by atoms with E-state index in [1.807, 2.05) is 0 Å². The van der Waals surface area contributed by atoms with E-state index in [4.69, 9.17) is 9.29 Å². The van der Waals surface area contributed by atoms with Crippen LogP contribution in [0.1, 0.15) is 51.0 Å². The van der Waals surface area contributed by atoms with Gasteiger partial charge in [0.25, 0.3) is 10.1 Å². The number of rotatable bonds is 6. The number of H-pyrrole nitrogens is 1. The molecule has 0 unspecified atom stereocenters. The number of hydrogen-bond acceptors (Lipinski definition) is 5. The molecule has 3 N–H and O–H groups in total. The highest BCUT2D eigenvalue weighted by Gasteiger charge is 2.18. The van der Waals surface area contributed by atoms with E-state index in [9.17, 15) is 13.2 Å². The van der Waals surface area contributed by atoms with E-state index >= 15 is 0 Å². The first-order valence-corrected chi connectivity index (χ1v) is 13.9. The van der Waals surface area contributed by atoms with Crippen molar-refractivity contribution in [2.45, 2.75) is 69.4 Å². The molecular weight excluding hydrogens is 466 g/mol. The summed E-state index contributed by atoms with van der Waals surface area (Å²) in [4.78, 5) is 14.4. The van der Waals surface area contributed by atoms with Crippen molar-refractivity contribution in [1.82, 2.24) is 9.55 Å². The van der Waals surface area contributed by atoms with Crippen LogP contribution in [0, 0.1) is 5.92 Å². The molecule has 2 aliphatic rings. The van der Waals surface area contributed by atoms with Gasteiger partial charge in [-0.15, -0.1) is 0 Å². The van der Waals surface area contributed by atoms with Gasteiger partial charge in [-0.1, -0.05) is 31.9 Å². The minimum Gasteiger partial charge on any atom is -0.382 e. The van der Waals surface area contributed by atoms with Crippen LogP contribution in [0.3, 0.4) is 0 Å². The summed E-state index contributed by atoms with van der Waals surface area (Å²) in [5, 5.41) is 3.59. The van der Waals surface area contributed by atoms with Crippen molar-refractivity contribution < 1.29 is 17.7 Å². The number of fused-ring (bicyclic) bond motifs is 1. The smallest absolute Gasteiger partial charge is 0.326 e. The number of aryl methyl sites for hydroxylation is 1. The number of aromatic amines is 1. The summed E-state index contributed by atoms with van der Waals surface area (Å²) in [6, 6.07) is 13.7. The lowest BCUT2D eigenvalue weighted by molar-refractivity contribution is 0.0613. The van der Waals surface area contributed by atoms with Crippen LogP contribution in [0.5, 0.6) is 0 Å². The van der Waals surface area contributed by atoms with Crippen LogP contribution in [0.2, 0.25) is 0 Å². The van der Waals surface area contributed by atoms with E-state index < -0.39 is 10.1 Å². The van der Waals surface area contributed by atoms with Crippen LogP contribution in [-0.4, -0.2) is 41.8 Å². The van der Waals surface area contributed by atoms with E-state index in [2.05, 4.69) is 41.5 Å². The number of benzene rings is 2. The summed E-state index contributed by atoms with van der Waals surface area (Å²) in [5.41, 5.74) is 3.47. The van der Waals surface area contributed by atoms with E-state index in [1.54, 1.807) is 4.57 Å². The zero-order chi connectivity index (χ0) is 24.8. The SMILES string of the molecule is CCc1ccc(NC2CCCC2)cc1.O=c1[nH]c2cc(S(=O)(=O)O)ccc2n1CC1CCOCC1. The third-order valence-corrected chi connectivity index (χ3v) is 7.76. The van der Waals surface area contributed by atoms with Gasteiger partial charge in [0.1, 0.15) is 0 Å². The van der Waals surface area contributed by atoms with Crippen LogP contribution in [0.25, 0.3) is 11.0 Å². The number of aromatic nitrogens is 2. The van der Waals surface area contributed by atoms with E-state index in [0.717, 1.165) is 25.3 Å². The Kier molecular flexibility index (Phi) is 8.30. The molecule has 2 aromatic carbocycles. The molecule has 5 rings (SSSR count). The van der Waals surface area contributed by atoms with Crippen molar-refractivity contribution in [2.24, 2.45) is 5.92 Å². The highest BCUT2D eigenvalue weighted by molar-refractivity contribution is 7.85. The Morgan fingerprint density at radius 1 is 1.06 bits per heavy atom. The third-order valence-electron chi connectivity index (χ3n) is 6.91. The molecule has 1 aliphatic carbocycles. The molecule has 3 aromatic rings. The van der Waals surface area contributed by atoms with Crippen molar-refractivity contribution in [1.29, 1.82) is 0 Å². The van der Waals surface area contributed by atoms with E-state index in [-0.39, 0.29) is 10.6 Å². The van der Waals surface area contributed by atoms with E-state index in [1.165, 1.54) is 55.1 Å². The fraction of sp³-hybridized carbons (Fsp3) is 0.500. The lowest BCUT2D eigenvalue weighted by Crippen LogP contribution is -2.25. The molecular formula is C26H35N3O5S. The largest absolute Gasteiger partial charge is 0.382 e. The maximum atomic E-state index is 12.0. The summed E-state index contributed by atoms with van der Waals surface area (Å²) >= 11 is 0. The Morgan fingerprint density at radius 3 is 2.37 bits per heavy atom. The van der Waals surface area contributed by atoms with Gasteiger partial charge in [-0.25, -0.2) is 4.79 Å². The van der Waals surface area contributed by atoms with Gasteiger partial charge < -0.3 is 15.0 Å². The van der Waals surface area contributed by atoms with Crippen molar-refractivity contribution in [3.63, 3.8) is 0 Å². The summed E-state index contributed by atoms with van der Waals surface area (Å²) in [6.07, 6.45) is 8.41. The number of hydrogen-bond donors (Lipinski definition) is 3. The molecule has 8 nitrogen and oxygen atoms in total. The first kappa shape index (κ1) is 25.5. The highest BCUT2D eigenvalue weighted by atomic mass is 32.2. The average Bonchev–Trinajstić information content (AvgIpc) is 3.47. The number of anilines is 1. The molecule has 0 radical (unpaired) electrons. The standard InChI is InChI=1S/C13H16N2O5S.C13H19N/c16-13-14-11-7-10(21(17,18)19)1-2-12(11)15(13)8-9-3-5-20-6-4-9;1-2-11-7-9-13(10-8-11)14-12-5-3-4-6-12/h1-2,7,9H,3-6,8H2,(H,14,16)(H,17,18,19);7-10,12,14H,2-6H2,1H3. The summed E-state index contributed by atoms with van der Waals surface area (Å²) in [5.74, 6) is 0.372. The number of nitrogens with one attached hydrogen (secondary N) is 2. The molecule has 0 amide bonds. The van der Waals surface area contributed by atoms with Gasteiger partial charge in [0.15, 0.2) is 0 Å². The summed E-state index contributed by atoms with van der Waals surface area (Å²) in [7, 11) is -4.27. The Balaban J connectivity index is 0.000000179. The maximum absolute atomic E-state index is 12.0. The topological polar surface area (TPSA) is 113 Å². The van der Waals surface area contributed by atoms with Gasteiger partial charge in [-0.05, 0) is 73.9 Å². The Morgan fingerprint density at radius 2 is 1.74 bits per heavy atom. The van der Waals surface area contributed by atoms with Gasteiger partial charge in [-0.2, -0.15) is 8.42 Å². The zero-order valence-corrected chi connectivity index (χ0v) is 21.0. The fourth-order valence-corrected chi connectivity index (χ4v) is 5.32. The molecule has 2 heterocycles. The lowest BCUT2D eigenvalue weighted by Gasteiger charge is -2.22. The Hall–Kier alpha value is -2.62. The molecule has 0 spiro atoms. The van der Waals surface area contributed by atoms with Gasteiger partial charge in [0.05, 0.1) is 15.9 Å². The maximum Gasteiger partial charge on any atom is 0.326 e. The molecule has 0 bridgehead atoms. The van der Waals surface area contributed by atoms with Crippen LogP contribution >= 0.6 is 0 Å². The minimum atomic E-state index is -4.27. The number of ether oxygens (including phenoxy) is 1. The third kappa shape index (κ3) is 6.74. The second-order valence-corrected chi connectivity index (χ2v) is 10.8. The van der Waals surface area contributed by atoms with Gasteiger partial charge in [-0.3, -0.25) is 9.12 Å². The number of imidazole rings is 1. The normalized spacial score (nSPS) is 17.3. The second kappa shape index (κ2) is 11.4. The quantitative estimate of drug-likeness (QED) is 0.425. The predicted molar refractivity (Wildman–Crippen MR) is 138 cm³/mol. The zero-order valence-electron chi connectivity index (χ0n) is 20.2. The molecule has 190 valence electrons. The Bertz CT molecular complexity index is 1270. The molecule has 1 aromatic heterocycles. The summed E-state index contributed by atoms with van der Waals surface area (Å²) < 4.78 is 38.2. The first-order valence-electron chi connectivity index (χ1n) is 12.5. The van der Waals surface area contributed by atoms with Crippen LogP contribution in [0.4, 0.5) is 5.69 Å². The summed E-state index contributed by atoms with van der Waals surface area (Å²) in [6.45, 7) is 4.18. The van der Waals surface area contributed by atoms with Gasteiger partial charge in [0, 0.05) is 31.5 Å². The predicted octanol–water partition coefficient (Wildman–Crippen LogP) is 4.61. The minimum absolute atomic E-state index is 0.227. The van der Waals surface area contributed by atoms with Crippen molar-refractivity contribution >= 4 is 26.8 Å². The van der Waals surface area contributed by atoms with Gasteiger partial charge in [0.2, 0.25) is 0 Å². The fourth-order valence-electron chi connectivity index (χ4n) is 4.81. The van der Waals surface area contributed by atoms with Crippen LogP contribution in [-0.2, 0) is 27.8 Å². The molecule has 1 aliphatic heterocycles. The highest BCUT2D eigenvalue weighted by Crippen LogP contribution is 2.23. The van der Waals surface area contributed by atoms with Crippen LogP contribution in [0.15, 0.2) is 52.2 Å². The van der Waals surface area contributed by atoms with Crippen LogP contribution < -0.4 is 11.0 Å². The van der Waals surface area contributed by atoms with Crippen molar-refractivity contribution in [2.75, 3.05) is 18.5 Å². The molecule has 35 heavy (non-hydrogen) atoms. The molecule has 1 saturated heterocycles. The van der Waals surface area contributed by atoms with Crippen molar-refractivity contribution in [3.8, 4) is 0 Å². The molecule has 0 atom stereocenters. The molecule has 2 fully saturated rings. The monoisotopic (exact) mass is 501 g/mol. The Labute approximate surface area is 206 Å². The van der Waals surface area contributed by atoms with Crippen molar-refractivity contribution in [3.05, 3.63) is 58.5 Å². The first-order chi connectivity index (χ1) is 16.8. The average molecular weight is 502 g/mol. The van der Waals surface area contributed by atoms with Gasteiger partial charge >= 0.3 is 5.69 Å². The second-order valence-electron chi connectivity index (χ2n) is 9.43. The number of nitrogens with zero attached hydrogens (tertiary/aromatic N) is 1. The lowest BCUT2D eigenvalue weighted by atomic mass is 10.0. The van der Waals surface area contributed by atoms with E-state index in [0.29, 0.717) is 36.7 Å². The molecule has 9 heteroatoms. The molecule has 1 saturated carbocycles.